The minimum Gasteiger partial charge on any atom is -0.464 e. The molecular weight excluding hydrogens is 257 g/mol. The van der Waals surface area contributed by atoms with Crippen LogP contribution in [-0.2, 0) is 9.53 Å². The van der Waals surface area contributed by atoms with Gasteiger partial charge in [-0.2, -0.15) is 0 Å². The van der Waals surface area contributed by atoms with Gasteiger partial charge in [-0.1, -0.05) is 26.0 Å². The van der Waals surface area contributed by atoms with Gasteiger partial charge in [0.1, 0.15) is 11.4 Å². The highest BCUT2D eigenvalue weighted by atomic mass is 19.1. The van der Waals surface area contributed by atoms with Crippen molar-refractivity contribution in [1.29, 1.82) is 0 Å². The molecule has 1 N–H and O–H groups in total. The lowest BCUT2D eigenvalue weighted by Gasteiger charge is -2.30. The first-order valence-electron chi connectivity index (χ1n) is 7.09. The molecule has 1 aromatic rings. The Hall–Kier alpha value is -1.58. The van der Waals surface area contributed by atoms with Crippen LogP contribution in [0.5, 0.6) is 0 Å². The number of esters is 1. The minimum absolute atomic E-state index is 0.315. The molecule has 0 spiro atoms. The molecule has 0 amide bonds. The van der Waals surface area contributed by atoms with Crippen LogP contribution in [0.25, 0.3) is 0 Å². The normalized spacial score (nSPS) is 13.9. The summed E-state index contributed by atoms with van der Waals surface area (Å²) in [5, 5.41) is 3.01. The van der Waals surface area contributed by atoms with Crippen molar-refractivity contribution in [3.8, 4) is 0 Å². The van der Waals surface area contributed by atoms with Crippen LogP contribution in [0.1, 0.15) is 40.5 Å². The Morgan fingerprint density at radius 2 is 2.05 bits per heavy atom. The molecular formula is C16H24FNO2. The molecule has 3 nitrogen and oxygen atoms in total. The summed E-state index contributed by atoms with van der Waals surface area (Å²) in [6, 6.07) is 6.36. The van der Waals surface area contributed by atoms with Crippen molar-refractivity contribution in [2.75, 3.05) is 11.9 Å². The predicted molar refractivity (Wildman–Crippen MR) is 79.1 cm³/mol. The highest BCUT2D eigenvalue weighted by Gasteiger charge is 2.35. The van der Waals surface area contributed by atoms with Crippen LogP contribution in [0.2, 0.25) is 0 Å². The Labute approximate surface area is 120 Å². The lowest BCUT2D eigenvalue weighted by atomic mass is 9.91. The van der Waals surface area contributed by atoms with E-state index in [1.807, 2.05) is 0 Å². The number of halogens is 1. The summed E-state index contributed by atoms with van der Waals surface area (Å²) in [6.07, 6.45) is 1.45. The van der Waals surface area contributed by atoms with Crippen molar-refractivity contribution in [3.05, 3.63) is 30.1 Å². The zero-order chi connectivity index (χ0) is 15.2. The van der Waals surface area contributed by atoms with Crippen LogP contribution in [0.3, 0.4) is 0 Å². The van der Waals surface area contributed by atoms with Crippen LogP contribution < -0.4 is 5.32 Å². The van der Waals surface area contributed by atoms with Crippen LogP contribution >= 0.6 is 0 Å². The Kier molecular flexibility index (Phi) is 5.99. The van der Waals surface area contributed by atoms with Gasteiger partial charge in [0.05, 0.1) is 12.3 Å². The minimum atomic E-state index is -0.914. The van der Waals surface area contributed by atoms with Gasteiger partial charge in [-0.05, 0) is 44.7 Å². The molecule has 0 aliphatic carbocycles. The third kappa shape index (κ3) is 4.51. The number of hydrogen-bond acceptors (Lipinski definition) is 3. The van der Waals surface area contributed by atoms with Crippen LogP contribution in [0, 0.1) is 11.7 Å². The number of carbonyl (C=O) groups excluding carboxylic acids is 1. The molecule has 1 unspecified atom stereocenters. The maximum Gasteiger partial charge on any atom is 0.331 e. The zero-order valence-electron chi connectivity index (χ0n) is 12.7. The number of anilines is 1. The van der Waals surface area contributed by atoms with Gasteiger partial charge in [-0.3, -0.25) is 0 Å². The van der Waals surface area contributed by atoms with E-state index in [-0.39, 0.29) is 11.8 Å². The first-order chi connectivity index (χ1) is 9.39. The van der Waals surface area contributed by atoms with Gasteiger partial charge in [0.25, 0.3) is 0 Å². The van der Waals surface area contributed by atoms with E-state index in [1.165, 1.54) is 6.07 Å². The van der Waals surface area contributed by atoms with E-state index in [0.717, 1.165) is 6.42 Å². The fraction of sp³-hybridized carbons (Fsp3) is 0.562. The number of rotatable bonds is 7. The van der Waals surface area contributed by atoms with Crippen molar-refractivity contribution in [2.24, 2.45) is 5.92 Å². The topological polar surface area (TPSA) is 38.3 Å². The van der Waals surface area contributed by atoms with Crippen LogP contribution in [-0.4, -0.2) is 18.1 Å². The van der Waals surface area contributed by atoms with Gasteiger partial charge in [0, 0.05) is 0 Å². The number of carbonyl (C=O) groups is 1. The molecule has 0 bridgehead atoms. The molecule has 0 aliphatic rings. The van der Waals surface area contributed by atoms with Gasteiger partial charge in [0.15, 0.2) is 0 Å². The van der Waals surface area contributed by atoms with Crippen molar-refractivity contribution in [3.63, 3.8) is 0 Å². The van der Waals surface area contributed by atoms with Crippen molar-refractivity contribution >= 4 is 11.7 Å². The third-order valence-corrected chi connectivity index (χ3v) is 3.23. The Morgan fingerprint density at radius 3 is 2.60 bits per heavy atom. The lowest BCUT2D eigenvalue weighted by Crippen LogP contribution is -2.45. The zero-order valence-corrected chi connectivity index (χ0v) is 12.7. The first-order valence-corrected chi connectivity index (χ1v) is 7.09. The van der Waals surface area contributed by atoms with E-state index in [4.69, 9.17) is 4.74 Å². The average Bonchev–Trinajstić information content (AvgIpc) is 2.39. The maximum atomic E-state index is 13.8. The standard InChI is InChI=1S/C16H24FNO2/c1-5-20-15(19)16(4,11-10-12(2)3)18-14-9-7-6-8-13(14)17/h6-9,12,18H,5,10-11H2,1-4H3. The number of para-hydroxylation sites is 1. The molecule has 20 heavy (non-hydrogen) atoms. The van der Waals surface area contributed by atoms with Crippen molar-refractivity contribution in [1.82, 2.24) is 0 Å². The second-order valence-electron chi connectivity index (χ2n) is 5.59. The van der Waals surface area contributed by atoms with Gasteiger partial charge >= 0.3 is 5.97 Å². The smallest absolute Gasteiger partial charge is 0.331 e. The molecule has 112 valence electrons. The summed E-state index contributed by atoms with van der Waals surface area (Å²) in [7, 11) is 0. The fourth-order valence-electron chi connectivity index (χ4n) is 1.94. The molecule has 0 heterocycles. The van der Waals surface area contributed by atoms with Crippen molar-refractivity contribution in [2.45, 2.75) is 46.1 Å². The van der Waals surface area contributed by atoms with E-state index in [0.29, 0.717) is 24.6 Å². The first kappa shape index (κ1) is 16.5. The molecule has 1 rings (SSSR count). The predicted octanol–water partition coefficient (Wildman–Crippen LogP) is 4.00. The third-order valence-electron chi connectivity index (χ3n) is 3.23. The molecule has 1 aromatic carbocycles. The summed E-state index contributed by atoms with van der Waals surface area (Å²) < 4.78 is 18.9. The number of hydrogen-bond donors (Lipinski definition) is 1. The molecule has 0 aromatic heterocycles. The molecule has 4 heteroatoms. The van der Waals surface area contributed by atoms with Gasteiger partial charge < -0.3 is 10.1 Å². The second-order valence-corrected chi connectivity index (χ2v) is 5.59. The second kappa shape index (κ2) is 7.27. The maximum absolute atomic E-state index is 13.8. The SMILES string of the molecule is CCOC(=O)C(C)(CCC(C)C)Nc1ccccc1F. The summed E-state index contributed by atoms with van der Waals surface area (Å²) >= 11 is 0. The average molecular weight is 281 g/mol. The number of nitrogens with one attached hydrogen (secondary N) is 1. The summed E-state index contributed by atoms with van der Waals surface area (Å²) in [6.45, 7) is 8.03. The highest BCUT2D eigenvalue weighted by Crippen LogP contribution is 2.25. The fourth-order valence-corrected chi connectivity index (χ4v) is 1.94. The molecule has 0 saturated carbocycles. The monoisotopic (exact) mass is 281 g/mol. The summed E-state index contributed by atoms with van der Waals surface area (Å²) in [5.74, 6) is -0.248. The summed E-state index contributed by atoms with van der Waals surface area (Å²) in [5.41, 5.74) is -0.588. The largest absolute Gasteiger partial charge is 0.464 e. The summed E-state index contributed by atoms with van der Waals surface area (Å²) in [4.78, 5) is 12.2. The molecule has 0 fully saturated rings. The number of ether oxygens (including phenoxy) is 1. The van der Waals surface area contributed by atoms with Gasteiger partial charge in [-0.25, -0.2) is 9.18 Å². The van der Waals surface area contributed by atoms with Crippen LogP contribution in [0.15, 0.2) is 24.3 Å². The molecule has 0 aliphatic heterocycles. The van der Waals surface area contributed by atoms with E-state index >= 15 is 0 Å². The Balaban J connectivity index is 2.92. The molecule has 0 radical (unpaired) electrons. The van der Waals surface area contributed by atoms with Gasteiger partial charge in [-0.15, -0.1) is 0 Å². The van der Waals surface area contributed by atoms with Gasteiger partial charge in [0.2, 0.25) is 0 Å². The van der Waals surface area contributed by atoms with E-state index in [2.05, 4.69) is 19.2 Å². The van der Waals surface area contributed by atoms with E-state index in [1.54, 1.807) is 32.0 Å². The molecule has 1 atom stereocenters. The quantitative estimate of drug-likeness (QED) is 0.768. The lowest BCUT2D eigenvalue weighted by molar-refractivity contribution is -0.148. The van der Waals surface area contributed by atoms with Crippen molar-refractivity contribution < 1.29 is 13.9 Å². The Morgan fingerprint density at radius 1 is 1.40 bits per heavy atom. The van der Waals surface area contributed by atoms with E-state index in [9.17, 15) is 9.18 Å². The van der Waals surface area contributed by atoms with Crippen LogP contribution in [0.4, 0.5) is 10.1 Å². The number of benzene rings is 1. The van der Waals surface area contributed by atoms with E-state index < -0.39 is 5.54 Å². The highest BCUT2D eigenvalue weighted by molar-refractivity contribution is 5.84. The Bertz CT molecular complexity index is 448. The molecule has 0 saturated heterocycles.